The maximum Gasteiger partial charge on any atom is 0.258 e. The number of fused-ring (bicyclic) bond motifs is 2. The van der Waals surface area contributed by atoms with Crippen molar-refractivity contribution >= 4 is 43.5 Å². The minimum atomic E-state index is -0.165. The molecule has 4 rings (SSSR count). The lowest BCUT2D eigenvalue weighted by Gasteiger charge is -2.05. The molecule has 2 heterocycles. The summed E-state index contributed by atoms with van der Waals surface area (Å²) in [5.41, 5.74) is 4.67. The van der Waals surface area contributed by atoms with Gasteiger partial charge < -0.3 is 0 Å². The highest BCUT2D eigenvalue weighted by Crippen LogP contribution is 2.30. The fraction of sp³-hybridized carbons (Fsp3) is 0.105. The van der Waals surface area contributed by atoms with Gasteiger partial charge in [0.15, 0.2) is 5.13 Å². The van der Waals surface area contributed by atoms with E-state index < -0.39 is 0 Å². The van der Waals surface area contributed by atoms with Gasteiger partial charge in [-0.3, -0.25) is 15.1 Å². The molecule has 4 aromatic rings. The van der Waals surface area contributed by atoms with Crippen LogP contribution in [0.2, 0.25) is 0 Å². The minimum Gasteiger partial charge on any atom is -0.298 e. The summed E-state index contributed by atoms with van der Waals surface area (Å²) in [6, 6.07) is 13.6. The Bertz CT molecular complexity index is 1080. The van der Waals surface area contributed by atoms with E-state index in [0.717, 1.165) is 26.7 Å². The fourth-order valence-corrected chi connectivity index (χ4v) is 3.92. The van der Waals surface area contributed by atoms with Gasteiger partial charge >= 0.3 is 0 Å². The number of hydrogen-bond donors (Lipinski definition) is 1. The molecule has 24 heavy (non-hydrogen) atoms. The van der Waals surface area contributed by atoms with Crippen LogP contribution in [0.1, 0.15) is 21.5 Å². The normalized spacial score (nSPS) is 11.1. The monoisotopic (exact) mass is 333 g/mol. The van der Waals surface area contributed by atoms with Crippen molar-refractivity contribution in [1.82, 2.24) is 9.97 Å². The van der Waals surface area contributed by atoms with Gasteiger partial charge in [-0.2, -0.15) is 0 Å². The number of carbonyl (C=O) groups is 1. The van der Waals surface area contributed by atoms with E-state index in [2.05, 4.69) is 34.3 Å². The number of anilines is 1. The van der Waals surface area contributed by atoms with Crippen LogP contribution in [0.25, 0.3) is 21.1 Å². The lowest BCUT2D eigenvalue weighted by atomic mass is 10.1. The van der Waals surface area contributed by atoms with Crippen LogP contribution in [0, 0.1) is 13.8 Å². The predicted molar refractivity (Wildman–Crippen MR) is 98.8 cm³/mol. The number of pyridine rings is 1. The standard InChI is InChI=1S/C19H15N3OS/c1-11-9-12(2)17-16(10-11)24-19(21-17)22-18(23)14-7-8-20-15-6-4-3-5-13(14)15/h3-10H,1-2H3,(H,21,22,23). The molecule has 0 radical (unpaired) electrons. The topological polar surface area (TPSA) is 54.9 Å². The highest BCUT2D eigenvalue weighted by molar-refractivity contribution is 7.22. The Hall–Kier alpha value is -2.79. The molecule has 0 fully saturated rings. The van der Waals surface area contributed by atoms with Gasteiger partial charge in [-0.25, -0.2) is 4.98 Å². The van der Waals surface area contributed by atoms with Gasteiger partial charge in [0.25, 0.3) is 5.91 Å². The van der Waals surface area contributed by atoms with Crippen LogP contribution < -0.4 is 5.32 Å². The molecule has 2 aromatic heterocycles. The highest BCUT2D eigenvalue weighted by Gasteiger charge is 2.14. The van der Waals surface area contributed by atoms with Gasteiger partial charge in [0.1, 0.15) is 0 Å². The summed E-state index contributed by atoms with van der Waals surface area (Å²) in [6.45, 7) is 4.10. The Balaban J connectivity index is 1.72. The quantitative estimate of drug-likeness (QED) is 0.578. The summed E-state index contributed by atoms with van der Waals surface area (Å²) in [4.78, 5) is 21.5. The summed E-state index contributed by atoms with van der Waals surface area (Å²) >= 11 is 1.50. The van der Waals surface area contributed by atoms with E-state index in [4.69, 9.17) is 0 Å². The van der Waals surface area contributed by atoms with E-state index in [1.807, 2.05) is 31.2 Å². The summed E-state index contributed by atoms with van der Waals surface area (Å²) in [6.07, 6.45) is 1.66. The zero-order valence-electron chi connectivity index (χ0n) is 13.3. The van der Waals surface area contributed by atoms with Crippen molar-refractivity contribution in [2.75, 3.05) is 5.32 Å². The molecular formula is C19H15N3OS. The van der Waals surface area contributed by atoms with E-state index in [1.165, 1.54) is 16.9 Å². The summed E-state index contributed by atoms with van der Waals surface area (Å²) in [5.74, 6) is -0.165. The lowest BCUT2D eigenvalue weighted by molar-refractivity contribution is 0.102. The number of rotatable bonds is 2. The van der Waals surface area contributed by atoms with Gasteiger partial charge in [0.05, 0.1) is 21.3 Å². The van der Waals surface area contributed by atoms with Crippen LogP contribution in [-0.4, -0.2) is 15.9 Å². The van der Waals surface area contributed by atoms with Gasteiger partial charge in [-0.15, -0.1) is 0 Å². The molecule has 0 saturated heterocycles. The van der Waals surface area contributed by atoms with Crippen LogP contribution in [0.4, 0.5) is 5.13 Å². The number of aromatic nitrogens is 2. The third-order valence-electron chi connectivity index (χ3n) is 3.94. The molecule has 0 atom stereocenters. The van der Waals surface area contributed by atoms with E-state index in [1.54, 1.807) is 12.3 Å². The lowest BCUT2D eigenvalue weighted by Crippen LogP contribution is -2.12. The molecule has 0 spiro atoms. The van der Waals surface area contributed by atoms with Gasteiger partial charge in [0, 0.05) is 11.6 Å². The summed E-state index contributed by atoms with van der Waals surface area (Å²) in [5, 5.41) is 4.38. The first-order chi connectivity index (χ1) is 11.6. The van der Waals surface area contributed by atoms with Crippen molar-refractivity contribution in [2.24, 2.45) is 0 Å². The van der Waals surface area contributed by atoms with Crippen molar-refractivity contribution in [3.8, 4) is 0 Å². The van der Waals surface area contributed by atoms with Crippen molar-refractivity contribution < 1.29 is 4.79 Å². The third-order valence-corrected chi connectivity index (χ3v) is 4.86. The molecule has 0 aliphatic heterocycles. The predicted octanol–water partition coefficient (Wildman–Crippen LogP) is 4.71. The molecule has 0 unspecified atom stereocenters. The number of para-hydroxylation sites is 1. The van der Waals surface area contributed by atoms with E-state index in [9.17, 15) is 4.79 Å². The number of benzene rings is 2. The van der Waals surface area contributed by atoms with E-state index in [0.29, 0.717) is 10.7 Å². The zero-order chi connectivity index (χ0) is 16.7. The minimum absolute atomic E-state index is 0.165. The number of nitrogens with zero attached hydrogens (tertiary/aromatic N) is 2. The Morgan fingerprint density at radius 2 is 1.96 bits per heavy atom. The second-order valence-corrected chi connectivity index (χ2v) is 6.81. The number of aryl methyl sites for hydroxylation is 2. The van der Waals surface area contributed by atoms with Crippen LogP contribution >= 0.6 is 11.3 Å². The summed E-state index contributed by atoms with van der Waals surface area (Å²) in [7, 11) is 0. The van der Waals surface area contributed by atoms with Crippen LogP contribution in [0.3, 0.4) is 0 Å². The van der Waals surface area contributed by atoms with E-state index in [-0.39, 0.29) is 5.91 Å². The molecule has 0 saturated carbocycles. The van der Waals surface area contributed by atoms with Crippen LogP contribution in [0.15, 0.2) is 48.7 Å². The average molecular weight is 333 g/mol. The average Bonchev–Trinajstić information content (AvgIpc) is 2.97. The Kier molecular flexibility index (Phi) is 3.50. The zero-order valence-corrected chi connectivity index (χ0v) is 14.1. The molecular weight excluding hydrogens is 318 g/mol. The maximum atomic E-state index is 12.7. The van der Waals surface area contributed by atoms with Crippen molar-refractivity contribution in [1.29, 1.82) is 0 Å². The highest BCUT2D eigenvalue weighted by atomic mass is 32.1. The first kappa shape index (κ1) is 14.8. The fourth-order valence-electron chi connectivity index (χ4n) is 2.88. The number of hydrogen-bond acceptors (Lipinski definition) is 4. The smallest absolute Gasteiger partial charge is 0.258 e. The molecule has 0 aliphatic rings. The van der Waals surface area contributed by atoms with Crippen LogP contribution in [-0.2, 0) is 0 Å². The van der Waals surface area contributed by atoms with Crippen LogP contribution in [0.5, 0.6) is 0 Å². The molecule has 5 heteroatoms. The molecule has 1 amide bonds. The molecule has 0 bridgehead atoms. The first-order valence-electron chi connectivity index (χ1n) is 7.65. The van der Waals surface area contributed by atoms with Crippen molar-refractivity contribution in [3.05, 3.63) is 65.4 Å². The number of amides is 1. The number of nitrogens with one attached hydrogen (secondary N) is 1. The first-order valence-corrected chi connectivity index (χ1v) is 8.46. The molecule has 1 N–H and O–H groups in total. The number of carbonyl (C=O) groups excluding carboxylic acids is 1. The molecule has 4 nitrogen and oxygen atoms in total. The molecule has 118 valence electrons. The van der Waals surface area contributed by atoms with E-state index >= 15 is 0 Å². The van der Waals surface area contributed by atoms with Gasteiger partial charge in [0.2, 0.25) is 0 Å². The largest absolute Gasteiger partial charge is 0.298 e. The van der Waals surface area contributed by atoms with Crippen molar-refractivity contribution in [3.63, 3.8) is 0 Å². The second kappa shape index (κ2) is 5.69. The SMILES string of the molecule is Cc1cc(C)c2nc(NC(=O)c3ccnc4ccccc34)sc2c1. The van der Waals surface area contributed by atoms with Crippen molar-refractivity contribution in [2.45, 2.75) is 13.8 Å². The maximum absolute atomic E-state index is 12.7. The van der Waals surface area contributed by atoms with Gasteiger partial charge in [-0.1, -0.05) is 35.6 Å². The summed E-state index contributed by atoms with van der Waals surface area (Å²) < 4.78 is 1.09. The molecule has 2 aromatic carbocycles. The molecule has 0 aliphatic carbocycles. The Morgan fingerprint density at radius 1 is 1.12 bits per heavy atom. The Labute approximate surface area is 143 Å². The number of thiazole rings is 1. The second-order valence-electron chi connectivity index (χ2n) is 5.78. The third kappa shape index (κ3) is 2.53. The van der Waals surface area contributed by atoms with Gasteiger partial charge in [-0.05, 0) is 43.2 Å². The Morgan fingerprint density at radius 3 is 2.83 bits per heavy atom.